The molecule has 6 rings (SSSR count). The first-order valence-corrected chi connectivity index (χ1v) is 12.4. The van der Waals surface area contributed by atoms with Crippen molar-refractivity contribution in [2.75, 3.05) is 0 Å². The maximum absolute atomic E-state index is 2.31. The molecule has 4 heteroatoms. The number of halogens is 2. The van der Waals surface area contributed by atoms with E-state index in [1.807, 2.05) is 0 Å². The summed E-state index contributed by atoms with van der Waals surface area (Å²) in [7, 11) is 0.759. The van der Waals surface area contributed by atoms with Gasteiger partial charge in [0.25, 0.3) is 0 Å². The van der Waals surface area contributed by atoms with Crippen LogP contribution in [0.2, 0.25) is 0 Å². The number of fused-ring (bicyclic) bond motifs is 2. The standard InChI is InChI=1S/C16H14P.C16H13.2FH.Zr/c1-12-6-2-5-9-16(12)17-15-10-13-7-3-4-8-14(13)11-15;1-12-10-14-8-5-9-15(16(14)11-12)13-6-3-2-4-7-13;;;/h2-11,17H,1H3;2-11H,1H3;2*1H;/q2*-1;;;+4/p-2. The Balaban J connectivity index is 0.000000234. The van der Waals surface area contributed by atoms with Crippen LogP contribution in [0.4, 0.5) is 0 Å². The van der Waals surface area contributed by atoms with Crippen LogP contribution >= 0.6 is 8.58 Å². The third kappa shape index (κ3) is 6.73. The van der Waals surface area contributed by atoms with Crippen LogP contribution < -0.4 is 20.0 Å². The normalized spacial score (nSPS) is 10.3. The molecule has 178 valence electrons. The minimum Gasteiger partial charge on any atom is -1.00 e. The molecule has 0 nitrogen and oxygen atoms in total. The molecule has 1 unspecified atom stereocenters. The number of benzene rings is 4. The van der Waals surface area contributed by atoms with E-state index in [0.717, 1.165) is 8.58 Å². The van der Waals surface area contributed by atoms with E-state index >= 15 is 0 Å². The van der Waals surface area contributed by atoms with Crippen molar-refractivity contribution in [3.8, 4) is 11.1 Å². The summed E-state index contributed by atoms with van der Waals surface area (Å²) in [6.45, 7) is 4.33. The van der Waals surface area contributed by atoms with Crippen molar-refractivity contribution >= 4 is 40.7 Å². The van der Waals surface area contributed by atoms with Crippen LogP contribution in [-0.2, 0) is 26.2 Å². The fraction of sp³-hybridized carbons (Fsp3) is 0.0625. The van der Waals surface area contributed by atoms with E-state index < -0.39 is 0 Å². The van der Waals surface area contributed by atoms with Crippen LogP contribution in [0.5, 0.6) is 0 Å². The molecule has 0 aromatic heterocycles. The molecule has 0 amide bonds. The average Bonchev–Trinajstić information content (AvgIpc) is 3.43. The van der Waals surface area contributed by atoms with E-state index in [1.54, 1.807) is 0 Å². The van der Waals surface area contributed by atoms with Gasteiger partial charge in [0.05, 0.1) is 0 Å². The van der Waals surface area contributed by atoms with Gasteiger partial charge in [-0.05, 0) is 23.4 Å². The van der Waals surface area contributed by atoms with Crippen molar-refractivity contribution in [1.82, 2.24) is 0 Å². The van der Waals surface area contributed by atoms with Crippen LogP contribution in [0.25, 0.3) is 32.7 Å². The fourth-order valence-corrected chi connectivity index (χ4v) is 5.57. The van der Waals surface area contributed by atoms with Gasteiger partial charge in [-0.1, -0.05) is 87.8 Å². The second-order valence-corrected chi connectivity index (χ2v) is 9.89. The summed E-state index contributed by atoms with van der Waals surface area (Å²) in [5.41, 5.74) is 5.33. The molecule has 0 saturated heterocycles. The molecule has 6 aromatic carbocycles. The van der Waals surface area contributed by atoms with Crippen LogP contribution in [0.1, 0.15) is 11.1 Å². The third-order valence-electron chi connectivity index (χ3n) is 6.02. The van der Waals surface area contributed by atoms with Gasteiger partial charge in [0.1, 0.15) is 0 Å². The molecule has 0 aliphatic carbocycles. The van der Waals surface area contributed by atoms with Gasteiger partial charge in [-0.15, -0.1) is 74.9 Å². The summed E-state index contributed by atoms with van der Waals surface area (Å²) in [5, 5.41) is 8.26. The average molecular weight is 572 g/mol. The molecule has 1 atom stereocenters. The van der Waals surface area contributed by atoms with Gasteiger partial charge in [0.15, 0.2) is 0 Å². The van der Waals surface area contributed by atoms with Crippen LogP contribution in [0.3, 0.4) is 0 Å². The minimum absolute atomic E-state index is 0. The summed E-state index contributed by atoms with van der Waals surface area (Å²) in [5.74, 6) is 0. The number of rotatable bonds is 3. The Morgan fingerprint density at radius 3 is 2.03 bits per heavy atom. The molecule has 0 spiro atoms. The number of hydrogen-bond donors (Lipinski definition) is 0. The Bertz CT molecular complexity index is 1480. The van der Waals surface area contributed by atoms with Crippen molar-refractivity contribution in [2.45, 2.75) is 13.8 Å². The Morgan fingerprint density at radius 2 is 1.28 bits per heavy atom. The van der Waals surface area contributed by atoms with Gasteiger partial charge in [-0.3, -0.25) is 0 Å². The largest absolute Gasteiger partial charge is 4.00 e. The van der Waals surface area contributed by atoms with Gasteiger partial charge in [-0.25, -0.2) is 0 Å². The van der Waals surface area contributed by atoms with Crippen molar-refractivity contribution in [1.29, 1.82) is 0 Å². The van der Waals surface area contributed by atoms with Crippen molar-refractivity contribution in [3.63, 3.8) is 0 Å². The van der Waals surface area contributed by atoms with E-state index in [4.69, 9.17) is 0 Å². The Kier molecular flexibility index (Phi) is 11.1. The van der Waals surface area contributed by atoms with Crippen molar-refractivity contribution in [3.05, 3.63) is 132 Å². The SMILES string of the molecule is Cc1cc2c(-c3ccccc3)cccc2[cH-]1.Cc1ccccc1Pc1cc2ccccc2[cH-]1.[F-].[F-].[Zr+4]. The smallest absolute Gasteiger partial charge is 1.00 e. The predicted molar refractivity (Wildman–Crippen MR) is 148 cm³/mol. The van der Waals surface area contributed by atoms with Gasteiger partial charge < -0.3 is 9.41 Å². The molecule has 0 aliphatic heterocycles. The molecular weight excluding hydrogens is 545 g/mol. The fourth-order valence-electron chi connectivity index (χ4n) is 4.35. The van der Waals surface area contributed by atoms with E-state index in [-0.39, 0.29) is 35.6 Å². The first-order chi connectivity index (χ1) is 16.2. The van der Waals surface area contributed by atoms with E-state index in [1.165, 1.54) is 54.4 Å². The van der Waals surface area contributed by atoms with Gasteiger partial charge in [-0.2, -0.15) is 12.1 Å². The molecular formula is C32H27F2PZr. The first kappa shape index (κ1) is 29.5. The number of hydrogen-bond acceptors (Lipinski definition) is 0. The summed E-state index contributed by atoms with van der Waals surface area (Å²) < 4.78 is 0. The van der Waals surface area contributed by atoms with Crippen molar-refractivity contribution in [2.24, 2.45) is 0 Å². The quantitative estimate of drug-likeness (QED) is 0.225. The van der Waals surface area contributed by atoms with Crippen LogP contribution in [0.15, 0.2) is 121 Å². The van der Waals surface area contributed by atoms with E-state index in [2.05, 4.69) is 135 Å². The Hall–Kier alpha value is -2.73. The zero-order valence-corrected chi connectivity index (χ0v) is 23.8. The van der Waals surface area contributed by atoms with Gasteiger partial charge in [0.2, 0.25) is 0 Å². The summed E-state index contributed by atoms with van der Waals surface area (Å²) in [6.07, 6.45) is 0. The van der Waals surface area contributed by atoms with Gasteiger partial charge in [0, 0.05) is 0 Å². The molecule has 0 fully saturated rings. The topological polar surface area (TPSA) is 0 Å². The van der Waals surface area contributed by atoms with Crippen LogP contribution in [-0.4, -0.2) is 0 Å². The molecule has 0 saturated carbocycles. The first-order valence-electron chi connectivity index (χ1n) is 11.4. The maximum Gasteiger partial charge on any atom is 4.00 e. The second kappa shape index (κ2) is 13.5. The molecule has 6 aromatic rings. The zero-order valence-electron chi connectivity index (χ0n) is 20.3. The van der Waals surface area contributed by atoms with Gasteiger partial charge >= 0.3 is 26.2 Å². The number of aryl methyl sites for hydroxylation is 2. The molecule has 0 heterocycles. The maximum atomic E-state index is 2.31. The summed E-state index contributed by atoms with van der Waals surface area (Å²) >= 11 is 0. The Morgan fingerprint density at radius 1 is 0.611 bits per heavy atom. The van der Waals surface area contributed by atoms with E-state index in [0.29, 0.717) is 0 Å². The molecule has 36 heavy (non-hydrogen) atoms. The third-order valence-corrected chi connectivity index (χ3v) is 7.43. The predicted octanol–water partition coefficient (Wildman–Crippen LogP) is 2.04. The molecule has 0 radical (unpaired) electrons. The Labute approximate surface area is 232 Å². The summed E-state index contributed by atoms with van der Waals surface area (Å²) in [4.78, 5) is 0. The van der Waals surface area contributed by atoms with E-state index in [9.17, 15) is 0 Å². The van der Waals surface area contributed by atoms with Crippen molar-refractivity contribution < 1.29 is 35.6 Å². The minimum atomic E-state index is 0. The molecule has 0 aliphatic rings. The van der Waals surface area contributed by atoms with Crippen LogP contribution in [0, 0.1) is 13.8 Å². The zero-order chi connectivity index (χ0) is 22.6. The molecule has 0 N–H and O–H groups in total. The molecule has 0 bridgehead atoms. The monoisotopic (exact) mass is 570 g/mol. The summed E-state index contributed by atoms with van der Waals surface area (Å²) in [6, 6.07) is 43.4. The second-order valence-electron chi connectivity index (χ2n) is 8.52.